The molecule has 0 radical (unpaired) electrons. The lowest BCUT2D eigenvalue weighted by Crippen LogP contribution is -2.37. The summed E-state index contributed by atoms with van der Waals surface area (Å²) in [5.41, 5.74) is 1.76. The van der Waals surface area contributed by atoms with Crippen LogP contribution in [0.4, 0.5) is 5.69 Å². The van der Waals surface area contributed by atoms with Crippen molar-refractivity contribution in [2.24, 2.45) is 0 Å². The molecular weight excluding hydrogens is 279 g/mol. The third-order valence-electron chi connectivity index (χ3n) is 2.42. The van der Waals surface area contributed by atoms with E-state index in [2.05, 4.69) is 10.6 Å². The van der Waals surface area contributed by atoms with Gasteiger partial charge >= 0.3 is 0 Å². The van der Waals surface area contributed by atoms with E-state index in [-0.39, 0.29) is 24.4 Å². The lowest BCUT2D eigenvalue weighted by molar-refractivity contribution is -0.117. The molecule has 1 fully saturated rings. The first kappa shape index (κ1) is 14.6. The molecule has 1 amide bonds. The molecule has 0 saturated carbocycles. The van der Waals surface area contributed by atoms with Crippen molar-refractivity contribution in [1.82, 2.24) is 5.32 Å². The summed E-state index contributed by atoms with van der Waals surface area (Å²) in [6.45, 7) is 1.96. The molecule has 6 heteroatoms. The Morgan fingerprint density at radius 2 is 2.35 bits per heavy atom. The monoisotopic (exact) mass is 292 g/mol. The van der Waals surface area contributed by atoms with Gasteiger partial charge in [0.25, 0.3) is 0 Å². The van der Waals surface area contributed by atoms with Crippen molar-refractivity contribution in [3.8, 4) is 0 Å². The van der Waals surface area contributed by atoms with Crippen LogP contribution in [0.5, 0.6) is 0 Å². The van der Waals surface area contributed by atoms with Gasteiger partial charge in [-0.15, -0.1) is 24.2 Å². The Bertz CT molecular complexity index is 408. The number of carbonyl (C=O) groups excluding carboxylic acids is 1. The minimum Gasteiger partial charge on any atom is -0.323 e. The summed E-state index contributed by atoms with van der Waals surface area (Å²) in [4.78, 5) is 11.8. The molecular formula is C11H14Cl2N2OS. The van der Waals surface area contributed by atoms with Gasteiger partial charge in [-0.2, -0.15) is 0 Å². The largest absolute Gasteiger partial charge is 0.323 e. The van der Waals surface area contributed by atoms with E-state index in [0.29, 0.717) is 10.7 Å². The van der Waals surface area contributed by atoms with E-state index in [1.807, 2.05) is 25.1 Å². The topological polar surface area (TPSA) is 41.1 Å². The van der Waals surface area contributed by atoms with E-state index < -0.39 is 0 Å². The summed E-state index contributed by atoms with van der Waals surface area (Å²) < 4.78 is 0. The standard InChI is InChI=1S/C11H13ClN2OS.ClH/c1-7-2-3-9(8(12)4-7)14-11(15)10-5-16-6-13-10;/h2-4,10,13H,5-6H2,1H3,(H,14,15);1H. The zero-order valence-corrected chi connectivity index (χ0v) is 11.7. The molecule has 0 aromatic heterocycles. The normalized spacial score (nSPS) is 18.6. The average Bonchev–Trinajstić information content (AvgIpc) is 2.75. The Balaban J connectivity index is 0.00000144. The molecule has 3 nitrogen and oxygen atoms in total. The number of benzene rings is 1. The number of nitrogens with one attached hydrogen (secondary N) is 2. The Morgan fingerprint density at radius 1 is 1.59 bits per heavy atom. The molecule has 1 saturated heterocycles. The number of aryl methyl sites for hydroxylation is 1. The molecule has 2 rings (SSSR count). The molecule has 1 heterocycles. The number of halogens is 2. The Morgan fingerprint density at radius 3 is 2.94 bits per heavy atom. The molecule has 1 aliphatic heterocycles. The fourth-order valence-electron chi connectivity index (χ4n) is 1.50. The van der Waals surface area contributed by atoms with Crippen molar-refractivity contribution >= 4 is 47.4 Å². The van der Waals surface area contributed by atoms with Crippen LogP contribution in [-0.4, -0.2) is 23.6 Å². The molecule has 0 spiro atoms. The second kappa shape index (κ2) is 6.50. The van der Waals surface area contributed by atoms with Gasteiger partial charge in [0.1, 0.15) is 0 Å². The van der Waals surface area contributed by atoms with Crippen LogP contribution >= 0.6 is 35.8 Å². The fourth-order valence-corrected chi connectivity index (χ4v) is 2.73. The Hall–Kier alpha value is -0.420. The van der Waals surface area contributed by atoms with Crippen molar-refractivity contribution in [2.75, 3.05) is 16.9 Å². The number of hydrogen-bond donors (Lipinski definition) is 2. The summed E-state index contributed by atoms with van der Waals surface area (Å²) in [6, 6.07) is 5.49. The van der Waals surface area contributed by atoms with Crippen molar-refractivity contribution in [3.63, 3.8) is 0 Å². The van der Waals surface area contributed by atoms with Gasteiger partial charge < -0.3 is 5.32 Å². The summed E-state index contributed by atoms with van der Waals surface area (Å²) in [5, 5.41) is 6.53. The second-order valence-corrected chi connectivity index (χ2v) is 5.18. The first-order valence-electron chi connectivity index (χ1n) is 5.05. The highest BCUT2D eigenvalue weighted by atomic mass is 35.5. The first-order valence-corrected chi connectivity index (χ1v) is 6.58. The van der Waals surface area contributed by atoms with Gasteiger partial charge in [-0.25, -0.2) is 0 Å². The molecule has 1 unspecified atom stereocenters. The predicted octanol–water partition coefficient (Wildman–Crippen LogP) is 2.67. The maximum absolute atomic E-state index is 11.8. The number of hydrogen-bond acceptors (Lipinski definition) is 3. The highest BCUT2D eigenvalue weighted by molar-refractivity contribution is 7.99. The maximum Gasteiger partial charge on any atom is 0.242 e. The number of carbonyl (C=O) groups is 1. The van der Waals surface area contributed by atoms with Gasteiger partial charge in [0.2, 0.25) is 5.91 Å². The minimum absolute atomic E-state index is 0. The first-order chi connectivity index (χ1) is 7.66. The van der Waals surface area contributed by atoms with Crippen molar-refractivity contribution in [1.29, 1.82) is 0 Å². The van der Waals surface area contributed by atoms with Gasteiger partial charge in [0.05, 0.1) is 16.8 Å². The minimum atomic E-state index is -0.109. The van der Waals surface area contributed by atoms with Crippen LogP contribution in [0.1, 0.15) is 5.56 Å². The smallest absolute Gasteiger partial charge is 0.242 e. The molecule has 0 aliphatic carbocycles. The van der Waals surface area contributed by atoms with Crippen molar-refractivity contribution in [2.45, 2.75) is 13.0 Å². The van der Waals surface area contributed by atoms with Gasteiger partial charge in [-0.05, 0) is 24.6 Å². The van der Waals surface area contributed by atoms with E-state index in [9.17, 15) is 4.79 Å². The van der Waals surface area contributed by atoms with Gasteiger partial charge in [0.15, 0.2) is 0 Å². The molecule has 0 bridgehead atoms. The van der Waals surface area contributed by atoms with Crippen LogP contribution in [0.25, 0.3) is 0 Å². The molecule has 1 aromatic rings. The van der Waals surface area contributed by atoms with E-state index in [4.69, 9.17) is 11.6 Å². The van der Waals surface area contributed by atoms with Crippen LogP contribution in [0.3, 0.4) is 0 Å². The molecule has 2 N–H and O–H groups in total. The fraction of sp³-hybridized carbons (Fsp3) is 0.364. The van der Waals surface area contributed by atoms with Crippen molar-refractivity contribution in [3.05, 3.63) is 28.8 Å². The summed E-state index contributed by atoms with van der Waals surface area (Å²) >= 11 is 7.76. The van der Waals surface area contributed by atoms with Crippen LogP contribution in [-0.2, 0) is 4.79 Å². The zero-order chi connectivity index (χ0) is 11.5. The van der Waals surface area contributed by atoms with Gasteiger partial charge in [-0.1, -0.05) is 17.7 Å². The number of anilines is 1. The lowest BCUT2D eigenvalue weighted by Gasteiger charge is -2.11. The SMILES string of the molecule is Cc1ccc(NC(=O)C2CSCN2)c(Cl)c1.Cl. The number of amides is 1. The number of rotatable bonds is 2. The van der Waals surface area contributed by atoms with Gasteiger partial charge in [-0.3, -0.25) is 10.1 Å². The summed E-state index contributed by atoms with van der Waals surface area (Å²) in [6.07, 6.45) is 0. The molecule has 1 aromatic carbocycles. The van der Waals surface area contributed by atoms with Crippen LogP contribution in [0, 0.1) is 6.92 Å². The van der Waals surface area contributed by atoms with Crippen LogP contribution in [0.15, 0.2) is 18.2 Å². The average molecular weight is 293 g/mol. The Labute approximate surface area is 116 Å². The van der Waals surface area contributed by atoms with Crippen LogP contribution < -0.4 is 10.6 Å². The molecule has 1 aliphatic rings. The molecule has 94 valence electrons. The maximum atomic E-state index is 11.8. The number of thioether (sulfide) groups is 1. The van der Waals surface area contributed by atoms with E-state index in [1.165, 1.54) is 0 Å². The van der Waals surface area contributed by atoms with E-state index in [1.54, 1.807) is 11.8 Å². The third kappa shape index (κ3) is 3.78. The highest BCUT2D eigenvalue weighted by Gasteiger charge is 2.22. The van der Waals surface area contributed by atoms with Crippen LogP contribution in [0.2, 0.25) is 5.02 Å². The summed E-state index contributed by atoms with van der Waals surface area (Å²) in [7, 11) is 0. The molecule has 1 atom stereocenters. The quantitative estimate of drug-likeness (QED) is 0.881. The summed E-state index contributed by atoms with van der Waals surface area (Å²) in [5.74, 6) is 1.63. The highest BCUT2D eigenvalue weighted by Crippen LogP contribution is 2.23. The van der Waals surface area contributed by atoms with Gasteiger partial charge in [0, 0.05) is 11.6 Å². The zero-order valence-electron chi connectivity index (χ0n) is 9.33. The van der Waals surface area contributed by atoms with Crippen molar-refractivity contribution < 1.29 is 4.79 Å². The predicted molar refractivity (Wildman–Crippen MR) is 76.3 cm³/mol. The lowest BCUT2D eigenvalue weighted by atomic mass is 10.2. The molecule has 17 heavy (non-hydrogen) atoms. The Kier molecular flexibility index (Phi) is 5.59. The second-order valence-electron chi connectivity index (χ2n) is 3.74. The van der Waals surface area contributed by atoms with E-state index in [0.717, 1.165) is 17.2 Å². The third-order valence-corrected chi connectivity index (χ3v) is 3.67. The van der Waals surface area contributed by atoms with E-state index >= 15 is 0 Å².